The first-order valence-corrected chi connectivity index (χ1v) is 6.86. The van der Waals surface area contributed by atoms with Crippen molar-refractivity contribution in [2.24, 2.45) is 17.6 Å². The van der Waals surface area contributed by atoms with Crippen molar-refractivity contribution in [1.82, 2.24) is 4.90 Å². The van der Waals surface area contributed by atoms with Gasteiger partial charge in [-0.15, -0.1) is 25.6 Å². The third-order valence-electron chi connectivity index (χ3n) is 3.85. The molecule has 1 aliphatic rings. The predicted molar refractivity (Wildman–Crippen MR) is 83.3 cm³/mol. The van der Waals surface area contributed by atoms with E-state index in [2.05, 4.69) is 20.1 Å². The lowest BCUT2D eigenvalue weighted by Gasteiger charge is -2.35. The van der Waals surface area contributed by atoms with Gasteiger partial charge in [0.25, 0.3) is 0 Å². The van der Waals surface area contributed by atoms with Crippen molar-refractivity contribution in [1.29, 1.82) is 0 Å². The normalized spacial score (nSPS) is 17.7. The van der Waals surface area contributed by atoms with Crippen LogP contribution in [0.25, 0.3) is 0 Å². The molecule has 1 fully saturated rings. The van der Waals surface area contributed by atoms with Gasteiger partial charge < -0.3 is 10.6 Å². The molecule has 0 aromatic carbocycles. The molecule has 0 aliphatic carbocycles. The van der Waals surface area contributed by atoms with E-state index in [4.69, 9.17) is 5.73 Å². The van der Waals surface area contributed by atoms with Gasteiger partial charge in [-0.1, -0.05) is 12.2 Å². The number of carbonyl (C=O) groups excluding carboxylic acids is 1. The number of hydrogen-bond donors (Lipinski definition) is 1. The molecule has 1 rings (SSSR count). The van der Waals surface area contributed by atoms with Crippen molar-refractivity contribution in [3.05, 3.63) is 25.3 Å². The van der Waals surface area contributed by atoms with Crippen LogP contribution in [0.3, 0.4) is 0 Å². The monoisotopic (exact) mass is 286 g/mol. The van der Waals surface area contributed by atoms with E-state index in [-0.39, 0.29) is 30.3 Å². The Morgan fingerprint density at radius 3 is 2.16 bits per heavy atom. The van der Waals surface area contributed by atoms with E-state index in [1.807, 2.05) is 17.1 Å². The third kappa shape index (κ3) is 5.37. The van der Waals surface area contributed by atoms with E-state index >= 15 is 0 Å². The van der Waals surface area contributed by atoms with Gasteiger partial charge in [0.2, 0.25) is 5.91 Å². The largest absolute Gasteiger partial charge is 0.342 e. The lowest BCUT2D eigenvalue weighted by Crippen LogP contribution is -2.44. The molecule has 0 aromatic heterocycles. The predicted octanol–water partition coefficient (Wildman–Crippen LogP) is 2.76. The van der Waals surface area contributed by atoms with Crippen molar-refractivity contribution >= 4 is 18.3 Å². The summed E-state index contributed by atoms with van der Waals surface area (Å²) in [5.74, 6) is 0.830. The van der Waals surface area contributed by atoms with Gasteiger partial charge in [-0.2, -0.15) is 0 Å². The Morgan fingerprint density at radius 1 is 1.32 bits per heavy atom. The number of rotatable bonds is 6. The van der Waals surface area contributed by atoms with Crippen molar-refractivity contribution < 1.29 is 4.79 Å². The highest BCUT2D eigenvalue weighted by Crippen LogP contribution is 2.22. The fourth-order valence-electron chi connectivity index (χ4n) is 2.60. The highest BCUT2D eigenvalue weighted by atomic mass is 35.5. The summed E-state index contributed by atoms with van der Waals surface area (Å²) in [5.41, 5.74) is 5.91. The highest BCUT2D eigenvalue weighted by molar-refractivity contribution is 5.85. The SMILES string of the molecule is C=CCC(CC=C)C(=O)N1CCC(C(C)N)CC1.Cl. The highest BCUT2D eigenvalue weighted by Gasteiger charge is 2.28. The number of allylic oxidation sites excluding steroid dienone is 2. The summed E-state index contributed by atoms with van der Waals surface area (Å²) in [6.45, 7) is 11.2. The summed E-state index contributed by atoms with van der Waals surface area (Å²) < 4.78 is 0. The summed E-state index contributed by atoms with van der Waals surface area (Å²) in [5, 5.41) is 0. The number of nitrogens with two attached hydrogens (primary N) is 1. The molecule has 0 spiro atoms. The van der Waals surface area contributed by atoms with Crippen LogP contribution in [0.15, 0.2) is 25.3 Å². The lowest BCUT2D eigenvalue weighted by atomic mass is 9.89. The first-order chi connectivity index (χ1) is 8.60. The summed E-state index contributed by atoms with van der Waals surface area (Å²) >= 11 is 0. The molecule has 0 saturated carbocycles. The Balaban J connectivity index is 0.00000324. The van der Waals surface area contributed by atoms with Crippen LogP contribution < -0.4 is 5.73 Å². The molecule has 1 aliphatic heterocycles. The molecule has 3 nitrogen and oxygen atoms in total. The van der Waals surface area contributed by atoms with Crippen LogP contribution in [0.1, 0.15) is 32.6 Å². The maximum atomic E-state index is 12.4. The van der Waals surface area contributed by atoms with E-state index in [1.54, 1.807) is 0 Å². The first-order valence-electron chi connectivity index (χ1n) is 6.86. The van der Waals surface area contributed by atoms with Crippen molar-refractivity contribution in [2.45, 2.75) is 38.6 Å². The summed E-state index contributed by atoms with van der Waals surface area (Å²) in [7, 11) is 0. The van der Waals surface area contributed by atoms with Crippen molar-refractivity contribution in [3.63, 3.8) is 0 Å². The molecule has 0 radical (unpaired) electrons. The topological polar surface area (TPSA) is 46.3 Å². The number of amides is 1. The maximum absolute atomic E-state index is 12.4. The van der Waals surface area contributed by atoms with Crippen LogP contribution in [0.5, 0.6) is 0 Å². The lowest BCUT2D eigenvalue weighted by molar-refractivity contribution is -0.136. The second-order valence-corrected chi connectivity index (χ2v) is 5.27. The van der Waals surface area contributed by atoms with Gasteiger partial charge in [0.1, 0.15) is 0 Å². The van der Waals surface area contributed by atoms with Gasteiger partial charge in [0.05, 0.1) is 0 Å². The van der Waals surface area contributed by atoms with Crippen LogP contribution in [0.4, 0.5) is 0 Å². The maximum Gasteiger partial charge on any atom is 0.226 e. The number of carbonyl (C=O) groups is 1. The van der Waals surface area contributed by atoms with Gasteiger partial charge in [0.15, 0.2) is 0 Å². The van der Waals surface area contributed by atoms with Gasteiger partial charge in [-0.3, -0.25) is 4.79 Å². The number of nitrogens with zero attached hydrogens (tertiary/aromatic N) is 1. The van der Waals surface area contributed by atoms with Crippen LogP contribution >= 0.6 is 12.4 Å². The van der Waals surface area contributed by atoms with E-state index in [0.717, 1.165) is 38.8 Å². The van der Waals surface area contributed by atoms with Crippen molar-refractivity contribution in [2.75, 3.05) is 13.1 Å². The first kappa shape index (κ1) is 18.2. The second-order valence-electron chi connectivity index (χ2n) is 5.27. The molecule has 19 heavy (non-hydrogen) atoms. The third-order valence-corrected chi connectivity index (χ3v) is 3.85. The minimum Gasteiger partial charge on any atom is -0.342 e. The Bertz CT molecular complexity index is 287. The van der Waals surface area contributed by atoms with E-state index in [1.165, 1.54) is 0 Å². The summed E-state index contributed by atoms with van der Waals surface area (Å²) in [6, 6.07) is 0.236. The molecule has 1 saturated heterocycles. The zero-order chi connectivity index (χ0) is 13.5. The molecule has 2 N–H and O–H groups in total. The van der Waals surface area contributed by atoms with Crippen LogP contribution in [0, 0.1) is 11.8 Å². The smallest absolute Gasteiger partial charge is 0.226 e. The van der Waals surface area contributed by atoms with Gasteiger partial charge in [-0.25, -0.2) is 0 Å². The zero-order valence-electron chi connectivity index (χ0n) is 11.9. The second kappa shape index (κ2) is 9.16. The molecule has 1 heterocycles. The van der Waals surface area contributed by atoms with E-state index < -0.39 is 0 Å². The van der Waals surface area contributed by atoms with Gasteiger partial charge >= 0.3 is 0 Å². The van der Waals surface area contributed by atoms with Crippen LogP contribution in [-0.2, 0) is 4.79 Å². The average Bonchev–Trinajstić information content (AvgIpc) is 2.38. The molecule has 4 heteroatoms. The number of piperidine rings is 1. The molecule has 1 unspecified atom stereocenters. The number of likely N-dealkylation sites (tertiary alicyclic amines) is 1. The molecular formula is C15H27ClN2O. The zero-order valence-corrected chi connectivity index (χ0v) is 12.7. The number of halogens is 1. The van der Waals surface area contributed by atoms with E-state index in [9.17, 15) is 4.79 Å². The molecule has 1 atom stereocenters. The molecule has 0 bridgehead atoms. The fourth-order valence-corrected chi connectivity index (χ4v) is 2.60. The van der Waals surface area contributed by atoms with Gasteiger partial charge in [-0.05, 0) is 38.5 Å². The minimum absolute atomic E-state index is 0. The molecule has 1 amide bonds. The Labute approximate surface area is 123 Å². The average molecular weight is 287 g/mol. The number of hydrogen-bond acceptors (Lipinski definition) is 2. The Kier molecular flexibility index (Phi) is 8.77. The molecule has 0 aromatic rings. The van der Waals surface area contributed by atoms with Crippen molar-refractivity contribution in [3.8, 4) is 0 Å². The quantitative estimate of drug-likeness (QED) is 0.763. The Morgan fingerprint density at radius 2 is 1.79 bits per heavy atom. The fraction of sp³-hybridized carbons (Fsp3) is 0.667. The summed E-state index contributed by atoms with van der Waals surface area (Å²) in [6.07, 6.45) is 7.16. The Hall–Kier alpha value is -0.800. The summed E-state index contributed by atoms with van der Waals surface area (Å²) in [4.78, 5) is 14.3. The van der Waals surface area contributed by atoms with Crippen LogP contribution in [0.2, 0.25) is 0 Å². The van der Waals surface area contributed by atoms with Crippen LogP contribution in [-0.4, -0.2) is 29.9 Å². The standard InChI is InChI=1S/C15H26N2O.ClH/c1-4-6-14(7-5-2)15(18)17-10-8-13(9-11-17)12(3)16;/h4-5,12-14H,1-2,6-11,16H2,3H3;1H. The van der Waals surface area contributed by atoms with E-state index in [0.29, 0.717) is 5.92 Å². The molecular weight excluding hydrogens is 260 g/mol. The minimum atomic E-state index is 0. The van der Waals surface area contributed by atoms with Gasteiger partial charge in [0, 0.05) is 25.0 Å². The molecule has 110 valence electrons.